The van der Waals surface area contributed by atoms with Gasteiger partial charge in [-0.25, -0.2) is 0 Å². The molecule has 1 heterocycles. The van der Waals surface area contributed by atoms with Crippen molar-refractivity contribution < 1.29 is 13.9 Å². The molecule has 0 fully saturated rings. The van der Waals surface area contributed by atoms with Crippen molar-refractivity contribution in [3.05, 3.63) is 24.2 Å². The Morgan fingerprint density at radius 2 is 2.40 bits per heavy atom. The maximum absolute atomic E-state index is 11.1. The van der Waals surface area contributed by atoms with Gasteiger partial charge in [-0.1, -0.05) is 0 Å². The highest BCUT2D eigenvalue weighted by Crippen LogP contribution is 2.09. The van der Waals surface area contributed by atoms with Crippen molar-refractivity contribution in [1.29, 1.82) is 0 Å². The predicted octanol–water partition coefficient (Wildman–Crippen LogP) is 1.66. The van der Waals surface area contributed by atoms with Crippen molar-refractivity contribution in [2.24, 2.45) is 0 Å². The molecule has 0 aromatic carbocycles. The lowest BCUT2D eigenvalue weighted by Gasteiger charge is -2.22. The number of hydrogen-bond donors (Lipinski definition) is 0. The summed E-state index contributed by atoms with van der Waals surface area (Å²) < 4.78 is 9.60. The quantitative estimate of drug-likeness (QED) is 0.695. The first kappa shape index (κ1) is 11.8. The zero-order valence-corrected chi connectivity index (χ0v) is 9.40. The molecule has 0 amide bonds. The van der Waals surface area contributed by atoms with Crippen LogP contribution in [0.2, 0.25) is 0 Å². The van der Waals surface area contributed by atoms with Gasteiger partial charge in [0.05, 0.1) is 26.1 Å². The third-order valence-electron chi connectivity index (χ3n) is 2.45. The predicted molar refractivity (Wildman–Crippen MR) is 56.3 cm³/mol. The van der Waals surface area contributed by atoms with E-state index in [2.05, 4.69) is 9.64 Å². The Bertz CT molecular complexity index is 295. The molecule has 1 rings (SSSR count). The molecule has 1 aromatic heterocycles. The average Bonchev–Trinajstić information content (AvgIpc) is 2.70. The van der Waals surface area contributed by atoms with Gasteiger partial charge >= 0.3 is 5.97 Å². The normalized spacial score (nSPS) is 12.8. The van der Waals surface area contributed by atoms with E-state index in [1.54, 1.807) is 12.5 Å². The van der Waals surface area contributed by atoms with Crippen LogP contribution in [0.1, 0.15) is 18.9 Å². The van der Waals surface area contributed by atoms with E-state index < -0.39 is 0 Å². The maximum Gasteiger partial charge on any atom is 0.307 e. The molecule has 4 nitrogen and oxygen atoms in total. The number of carbonyl (C=O) groups excluding carboxylic acids is 1. The lowest BCUT2D eigenvalue weighted by molar-refractivity contribution is -0.141. The first-order chi connectivity index (χ1) is 7.13. The number of hydrogen-bond acceptors (Lipinski definition) is 4. The molecule has 0 saturated carbocycles. The summed E-state index contributed by atoms with van der Waals surface area (Å²) in [6.07, 6.45) is 3.76. The zero-order chi connectivity index (χ0) is 11.3. The summed E-state index contributed by atoms with van der Waals surface area (Å²) in [6, 6.07) is 2.08. The molecule has 1 aromatic rings. The van der Waals surface area contributed by atoms with E-state index in [4.69, 9.17) is 4.42 Å². The fraction of sp³-hybridized carbons (Fsp3) is 0.545. The topological polar surface area (TPSA) is 42.7 Å². The van der Waals surface area contributed by atoms with Gasteiger partial charge in [0.15, 0.2) is 0 Å². The van der Waals surface area contributed by atoms with E-state index in [1.807, 2.05) is 20.0 Å². The summed E-state index contributed by atoms with van der Waals surface area (Å²) in [5.41, 5.74) is 1.11. The van der Waals surface area contributed by atoms with E-state index in [1.165, 1.54) is 7.11 Å². The highest BCUT2D eigenvalue weighted by atomic mass is 16.5. The Labute approximate surface area is 89.8 Å². The number of ether oxygens (including phenoxy) is 1. The molecule has 1 atom stereocenters. The fourth-order valence-corrected chi connectivity index (χ4v) is 1.31. The molecular weight excluding hydrogens is 194 g/mol. The SMILES string of the molecule is COC(=O)CC(C)N(C)Cc1ccoc1. The standard InChI is InChI=1S/C11H17NO3/c1-9(6-11(13)14-3)12(2)7-10-4-5-15-8-10/h4-5,8-9H,6-7H2,1-3H3. The van der Waals surface area contributed by atoms with Gasteiger partial charge in [-0.3, -0.25) is 9.69 Å². The van der Waals surface area contributed by atoms with Crippen molar-refractivity contribution in [2.45, 2.75) is 25.9 Å². The third kappa shape index (κ3) is 3.75. The lowest BCUT2D eigenvalue weighted by atomic mass is 10.2. The minimum atomic E-state index is -0.179. The van der Waals surface area contributed by atoms with Crippen LogP contribution in [-0.4, -0.2) is 31.1 Å². The molecule has 0 spiro atoms. The minimum Gasteiger partial charge on any atom is -0.472 e. The van der Waals surface area contributed by atoms with E-state index in [0.717, 1.165) is 12.1 Å². The fourth-order valence-electron chi connectivity index (χ4n) is 1.31. The number of esters is 1. The number of nitrogens with zero attached hydrogens (tertiary/aromatic N) is 1. The second-order valence-corrected chi connectivity index (χ2v) is 3.68. The molecule has 0 N–H and O–H groups in total. The average molecular weight is 211 g/mol. The van der Waals surface area contributed by atoms with Gasteiger partial charge in [-0.2, -0.15) is 0 Å². The molecule has 0 aliphatic heterocycles. The molecule has 0 radical (unpaired) electrons. The Morgan fingerprint density at radius 3 is 2.93 bits per heavy atom. The zero-order valence-electron chi connectivity index (χ0n) is 9.40. The summed E-state index contributed by atoms with van der Waals surface area (Å²) in [5, 5.41) is 0. The van der Waals surface area contributed by atoms with Crippen molar-refractivity contribution in [3.63, 3.8) is 0 Å². The van der Waals surface area contributed by atoms with Crippen LogP contribution in [0, 0.1) is 0 Å². The number of furan rings is 1. The number of rotatable bonds is 5. The molecule has 0 aliphatic carbocycles. The van der Waals surface area contributed by atoms with Gasteiger partial charge in [-0.05, 0) is 20.0 Å². The van der Waals surface area contributed by atoms with Crippen LogP contribution in [-0.2, 0) is 16.1 Å². The van der Waals surface area contributed by atoms with Crippen molar-refractivity contribution >= 4 is 5.97 Å². The van der Waals surface area contributed by atoms with E-state index >= 15 is 0 Å². The first-order valence-electron chi connectivity index (χ1n) is 4.91. The van der Waals surface area contributed by atoms with Crippen LogP contribution in [0.25, 0.3) is 0 Å². The minimum absolute atomic E-state index is 0.160. The molecule has 0 aliphatic rings. The van der Waals surface area contributed by atoms with Crippen LogP contribution < -0.4 is 0 Å². The second-order valence-electron chi connectivity index (χ2n) is 3.68. The monoisotopic (exact) mass is 211 g/mol. The second kappa shape index (κ2) is 5.56. The van der Waals surface area contributed by atoms with E-state index in [0.29, 0.717) is 6.42 Å². The molecular formula is C11H17NO3. The maximum atomic E-state index is 11.1. The highest BCUT2D eigenvalue weighted by molar-refractivity contribution is 5.69. The summed E-state index contributed by atoms with van der Waals surface area (Å²) in [4.78, 5) is 13.1. The van der Waals surface area contributed by atoms with Crippen LogP contribution in [0.5, 0.6) is 0 Å². The van der Waals surface area contributed by atoms with Crippen molar-refractivity contribution in [2.75, 3.05) is 14.2 Å². The van der Waals surface area contributed by atoms with Crippen LogP contribution >= 0.6 is 0 Å². The van der Waals surface area contributed by atoms with Crippen LogP contribution in [0.4, 0.5) is 0 Å². The Kier molecular flexibility index (Phi) is 4.37. The van der Waals surface area contributed by atoms with Gasteiger partial charge in [0, 0.05) is 18.2 Å². The lowest BCUT2D eigenvalue weighted by Crippen LogP contribution is -2.30. The largest absolute Gasteiger partial charge is 0.472 e. The van der Waals surface area contributed by atoms with Crippen molar-refractivity contribution in [3.8, 4) is 0 Å². The Morgan fingerprint density at radius 1 is 1.67 bits per heavy atom. The number of carbonyl (C=O) groups is 1. The van der Waals surface area contributed by atoms with Crippen LogP contribution in [0.15, 0.2) is 23.0 Å². The first-order valence-corrected chi connectivity index (χ1v) is 4.91. The molecule has 0 saturated heterocycles. The van der Waals surface area contributed by atoms with Gasteiger partial charge in [-0.15, -0.1) is 0 Å². The van der Waals surface area contributed by atoms with Gasteiger partial charge in [0.1, 0.15) is 0 Å². The van der Waals surface area contributed by atoms with Crippen molar-refractivity contribution in [1.82, 2.24) is 4.90 Å². The van der Waals surface area contributed by atoms with Gasteiger partial charge in [0.25, 0.3) is 0 Å². The molecule has 4 heteroatoms. The Hall–Kier alpha value is -1.29. The Balaban J connectivity index is 2.39. The molecule has 15 heavy (non-hydrogen) atoms. The smallest absolute Gasteiger partial charge is 0.307 e. The summed E-state index contributed by atoms with van der Waals surface area (Å²) in [6.45, 7) is 2.77. The third-order valence-corrected chi connectivity index (χ3v) is 2.45. The highest BCUT2D eigenvalue weighted by Gasteiger charge is 2.14. The summed E-state index contributed by atoms with van der Waals surface area (Å²) in [7, 11) is 3.38. The van der Waals surface area contributed by atoms with E-state index in [9.17, 15) is 4.79 Å². The summed E-state index contributed by atoms with van der Waals surface area (Å²) in [5.74, 6) is -0.179. The molecule has 0 bridgehead atoms. The van der Waals surface area contributed by atoms with Gasteiger partial charge < -0.3 is 9.15 Å². The van der Waals surface area contributed by atoms with Gasteiger partial charge in [0.2, 0.25) is 0 Å². The van der Waals surface area contributed by atoms with E-state index in [-0.39, 0.29) is 12.0 Å². The molecule has 84 valence electrons. The van der Waals surface area contributed by atoms with Crippen LogP contribution in [0.3, 0.4) is 0 Å². The molecule has 1 unspecified atom stereocenters. The summed E-state index contributed by atoms with van der Waals surface area (Å²) >= 11 is 0. The number of methoxy groups -OCH3 is 1.